The molecule has 1 N–H and O–H groups in total. The maximum atomic E-state index is 12.2. The fraction of sp³-hybridized carbons (Fsp3) is 0.333. The Kier molecular flexibility index (Phi) is 5.80. The number of halogens is 1. The van der Waals surface area contributed by atoms with Crippen LogP contribution in [0.2, 0.25) is 5.15 Å². The lowest BCUT2D eigenvalue weighted by Crippen LogP contribution is -2.36. The van der Waals surface area contributed by atoms with Gasteiger partial charge in [0.15, 0.2) is 0 Å². The quantitative estimate of drug-likeness (QED) is 0.846. The first-order chi connectivity index (χ1) is 11.7. The maximum Gasteiger partial charge on any atom is 0.253 e. The first-order valence-corrected chi connectivity index (χ1v) is 8.37. The van der Waals surface area contributed by atoms with Gasteiger partial charge >= 0.3 is 0 Å². The molecule has 2 heterocycles. The number of carbonyl (C=O) groups is 1. The molecule has 0 radical (unpaired) electrons. The monoisotopic (exact) mass is 345 g/mol. The van der Waals surface area contributed by atoms with Crippen LogP contribution < -0.4 is 5.32 Å². The summed E-state index contributed by atoms with van der Waals surface area (Å²) in [4.78, 5) is 18.5. The van der Waals surface area contributed by atoms with Crippen molar-refractivity contribution in [1.29, 1.82) is 0 Å². The van der Waals surface area contributed by atoms with E-state index in [-0.39, 0.29) is 5.91 Å². The molecule has 24 heavy (non-hydrogen) atoms. The summed E-state index contributed by atoms with van der Waals surface area (Å²) in [5.41, 5.74) is 2.86. The van der Waals surface area contributed by atoms with E-state index in [0.717, 1.165) is 38.4 Å². The van der Waals surface area contributed by atoms with Crippen LogP contribution in [0.25, 0.3) is 0 Å². The number of benzene rings is 1. The third kappa shape index (κ3) is 4.54. The molecule has 1 aliphatic rings. The van der Waals surface area contributed by atoms with E-state index in [1.165, 1.54) is 11.8 Å². The molecule has 1 saturated heterocycles. The minimum absolute atomic E-state index is 0.152. The minimum atomic E-state index is -0.152. The van der Waals surface area contributed by atoms with Crippen LogP contribution >= 0.6 is 11.6 Å². The summed E-state index contributed by atoms with van der Waals surface area (Å²) in [5.74, 6) is -0.152. The molecule has 3 rings (SSSR count). The summed E-state index contributed by atoms with van der Waals surface area (Å²) in [6.07, 6.45) is 1.48. The van der Waals surface area contributed by atoms with Crippen molar-refractivity contribution in [3.8, 4) is 0 Å². The summed E-state index contributed by atoms with van der Waals surface area (Å²) in [6.45, 7) is 4.80. The number of hydrogen-bond acceptors (Lipinski definition) is 4. The molecule has 0 unspecified atom stereocenters. The highest BCUT2D eigenvalue weighted by Gasteiger charge is 2.13. The fourth-order valence-electron chi connectivity index (χ4n) is 2.67. The molecular weight excluding hydrogens is 326 g/mol. The van der Waals surface area contributed by atoms with Crippen molar-refractivity contribution in [3.05, 3.63) is 64.4 Å². The molecule has 1 amide bonds. The van der Waals surface area contributed by atoms with Gasteiger partial charge in [0, 0.05) is 32.4 Å². The van der Waals surface area contributed by atoms with Gasteiger partial charge in [-0.1, -0.05) is 35.9 Å². The van der Waals surface area contributed by atoms with Gasteiger partial charge in [0.25, 0.3) is 5.91 Å². The summed E-state index contributed by atoms with van der Waals surface area (Å²) in [5, 5.41) is 3.32. The van der Waals surface area contributed by atoms with Crippen LogP contribution in [0, 0.1) is 0 Å². The average molecular weight is 346 g/mol. The summed E-state index contributed by atoms with van der Waals surface area (Å²) in [6, 6.07) is 11.5. The molecule has 1 fully saturated rings. The largest absolute Gasteiger partial charge is 0.379 e. The molecule has 0 spiro atoms. The average Bonchev–Trinajstić information content (AvgIpc) is 2.62. The molecule has 5 nitrogen and oxygen atoms in total. The number of carbonyl (C=O) groups excluding carboxylic acids is 1. The second kappa shape index (κ2) is 8.24. The molecule has 6 heteroatoms. The summed E-state index contributed by atoms with van der Waals surface area (Å²) >= 11 is 5.75. The molecule has 0 saturated carbocycles. The zero-order valence-corrected chi connectivity index (χ0v) is 14.1. The number of amides is 1. The topological polar surface area (TPSA) is 54.5 Å². The third-order valence-electron chi connectivity index (χ3n) is 4.05. The van der Waals surface area contributed by atoms with Gasteiger partial charge in [-0.2, -0.15) is 0 Å². The van der Waals surface area contributed by atoms with Gasteiger partial charge in [0.2, 0.25) is 0 Å². The van der Waals surface area contributed by atoms with Crippen LogP contribution in [0.15, 0.2) is 42.6 Å². The van der Waals surface area contributed by atoms with Gasteiger partial charge in [-0.25, -0.2) is 4.98 Å². The van der Waals surface area contributed by atoms with E-state index < -0.39 is 0 Å². The van der Waals surface area contributed by atoms with E-state index in [1.807, 2.05) is 12.1 Å². The van der Waals surface area contributed by atoms with Gasteiger partial charge in [-0.15, -0.1) is 0 Å². The molecule has 0 aliphatic carbocycles. The number of aromatic nitrogens is 1. The number of morpholine rings is 1. The number of hydrogen-bond donors (Lipinski definition) is 1. The Morgan fingerprint density at radius 2 is 1.92 bits per heavy atom. The van der Waals surface area contributed by atoms with Crippen LogP contribution in [0.3, 0.4) is 0 Å². The Morgan fingerprint density at radius 3 is 2.62 bits per heavy atom. The van der Waals surface area contributed by atoms with Gasteiger partial charge in [-0.3, -0.25) is 9.69 Å². The normalized spacial score (nSPS) is 15.2. The zero-order valence-electron chi connectivity index (χ0n) is 13.4. The molecule has 0 atom stereocenters. The van der Waals surface area contributed by atoms with E-state index in [1.54, 1.807) is 12.1 Å². The predicted octanol–water partition coefficient (Wildman–Crippen LogP) is 2.50. The fourth-order valence-corrected chi connectivity index (χ4v) is 2.78. The lowest BCUT2D eigenvalue weighted by atomic mass is 10.1. The van der Waals surface area contributed by atoms with Crippen LogP contribution in [-0.4, -0.2) is 42.1 Å². The molecule has 126 valence electrons. The lowest BCUT2D eigenvalue weighted by Gasteiger charge is -2.27. The van der Waals surface area contributed by atoms with Crippen molar-refractivity contribution in [1.82, 2.24) is 15.2 Å². The van der Waals surface area contributed by atoms with Crippen molar-refractivity contribution in [2.45, 2.75) is 13.1 Å². The van der Waals surface area contributed by atoms with Gasteiger partial charge in [-0.05, 0) is 23.3 Å². The number of nitrogens with zero attached hydrogens (tertiary/aromatic N) is 2. The highest BCUT2D eigenvalue weighted by molar-refractivity contribution is 6.29. The van der Waals surface area contributed by atoms with Crippen LogP contribution in [0.1, 0.15) is 21.5 Å². The maximum absolute atomic E-state index is 12.2. The van der Waals surface area contributed by atoms with Crippen LogP contribution in [-0.2, 0) is 17.8 Å². The van der Waals surface area contributed by atoms with E-state index in [9.17, 15) is 4.79 Å². The Bertz CT molecular complexity index is 685. The number of pyridine rings is 1. The smallest absolute Gasteiger partial charge is 0.253 e. The molecule has 1 aromatic heterocycles. The zero-order chi connectivity index (χ0) is 16.8. The predicted molar refractivity (Wildman–Crippen MR) is 93.0 cm³/mol. The Balaban J connectivity index is 1.62. The third-order valence-corrected chi connectivity index (χ3v) is 4.27. The summed E-state index contributed by atoms with van der Waals surface area (Å²) in [7, 11) is 0. The van der Waals surface area contributed by atoms with E-state index in [4.69, 9.17) is 16.3 Å². The number of rotatable bonds is 5. The second-order valence-electron chi connectivity index (χ2n) is 5.71. The summed E-state index contributed by atoms with van der Waals surface area (Å²) < 4.78 is 5.39. The number of nitrogens with one attached hydrogen (secondary N) is 1. The molecule has 1 aromatic carbocycles. The van der Waals surface area contributed by atoms with Gasteiger partial charge < -0.3 is 10.1 Å². The van der Waals surface area contributed by atoms with E-state index in [0.29, 0.717) is 17.3 Å². The van der Waals surface area contributed by atoms with Gasteiger partial charge in [0.1, 0.15) is 5.15 Å². The Labute approximate surface area is 146 Å². The van der Waals surface area contributed by atoms with E-state index in [2.05, 4.69) is 27.3 Å². The van der Waals surface area contributed by atoms with Crippen molar-refractivity contribution in [3.63, 3.8) is 0 Å². The van der Waals surface area contributed by atoms with Gasteiger partial charge in [0.05, 0.1) is 18.8 Å². The highest BCUT2D eigenvalue weighted by atomic mass is 35.5. The lowest BCUT2D eigenvalue weighted by molar-refractivity contribution is 0.0340. The van der Waals surface area contributed by atoms with Crippen molar-refractivity contribution in [2.75, 3.05) is 26.3 Å². The van der Waals surface area contributed by atoms with E-state index >= 15 is 0 Å². The molecular formula is C18H20ClN3O2. The van der Waals surface area contributed by atoms with Crippen molar-refractivity contribution < 1.29 is 9.53 Å². The second-order valence-corrected chi connectivity index (χ2v) is 6.10. The molecule has 0 bridgehead atoms. The molecule has 1 aliphatic heterocycles. The van der Waals surface area contributed by atoms with Crippen LogP contribution in [0.5, 0.6) is 0 Å². The van der Waals surface area contributed by atoms with Crippen molar-refractivity contribution in [2.24, 2.45) is 0 Å². The van der Waals surface area contributed by atoms with Crippen LogP contribution in [0.4, 0.5) is 0 Å². The standard InChI is InChI=1S/C18H20ClN3O2/c19-17-6-5-15(12-20-17)18(23)21-11-14-3-1-2-4-16(14)13-22-7-9-24-10-8-22/h1-6,12H,7-11,13H2,(H,21,23). The molecule has 2 aromatic rings. The minimum Gasteiger partial charge on any atom is -0.379 e. The Hall–Kier alpha value is -1.95. The highest BCUT2D eigenvalue weighted by Crippen LogP contribution is 2.13. The van der Waals surface area contributed by atoms with Crippen molar-refractivity contribution >= 4 is 17.5 Å². The first-order valence-electron chi connectivity index (χ1n) is 7.99. The Morgan fingerprint density at radius 1 is 1.17 bits per heavy atom. The first kappa shape index (κ1) is 16.9. The number of ether oxygens (including phenoxy) is 1. The SMILES string of the molecule is O=C(NCc1ccccc1CN1CCOCC1)c1ccc(Cl)nc1.